The number of hydrogen-bond donors (Lipinski definition) is 0. The molecular weight excluding hydrogens is 204 g/mol. The SMILES string of the molecule is COc1ccc2oc(C=O)c(C3CC3)c2c1. The standard InChI is InChI=1S/C13H12O3/c1-15-9-4-5-11-10(6-9)13(8-2-3-8)12(7-14)16-11/h4-8H,2-3H2,1H3. The molecule has 0 amide bonds. The fourth-order valence-electron chi connectivity index (χ4n) is 2.12. The number of furan rings is 1. The van der Waals surface area contributed by atoms with Gasteiger partial charge in [0.1, 0.15) is 11.3 Å². The number of carbonyl (C=O) groups excluding carboxylic acids is 1. The van der Waals surface area contributed by atoms with Crippen LogP contribution in [-0.2, 0) is 0 Å². The number of fused-ring (bicyclic) bond motifs is 1. The van der Waals surface area contributed by atoms with Crippen molar-refractivity contribution in [3.63, 3.8) is 0 Å². The zero-order valence-electron chi connectivity index (χ0n) is 9.03. The molecule has 1 aliphatic carbocycles. The molecule has 0 unspecified atom stereocenters. The number of carbonyl (C=O) groups is 1. The topological polar surface area (TPSA) is 39.4 Å². The molecule has 0 aliphatic heterocycles. The molecule has 1 fully saturated rings. The van der Waals surface area contributed by atoms with Crippen molar-refractivity contribution >= 4 is 17.3 Å². The van der Waals surface area contributed by atoms with Crippen LogP contribution in [0.3, 0.4) is 0 Å². The minimum atomic E-state index is 0.478. The van der Waals surface area contributed by atoms with Crippen molar-refractivity contribution in [2.75, 3.05) is 7.11 Å². The predicted octanol–water partition coefficient (Wildman–Crippen LogP) is 3.13. The highest BCUT2D eigenvalue weighted by molar-refractivity contribution is 5.91. The van der Waals surface area contributed by atoms with Crippen LogP contribution in [0.2, 0.25) is 0 Å². The first-order valence-electron chi connectivity index (χ1n) is 5.39. The summed E-state index contributed by atoms with van der Waals surface area (Å²) in [6.07, 6.45) is 3.10. The summed E-state index contributed by atoms with van der Waals surface area (Å²) in [5.41, 5.74) is 1.83. The number of benzene rings is 1. The molecule has 1 saturated carbocycles. The zero-order valence-corrected chi connectivity index (χ0v) is 9.03. The van der Waals surface area contributed by atoms with Gasteiger partial charge in [-0.3, -0.25) is 4.79 Å². The Balaban J connectivity index is 2.28. The molecule has 3 heteroatoms. The lowest BCUT2D eigenvalue weighted by Crippen LogP contribution is -1.85. The summed E-state index contributed by atoms with van der Waals surface area (Å²) in [4.78, 5) is 11.0. The van der Waals surface area contributed by atoms with Crippen molar-refractivity contribution < 1.29 is 13.9 Å². The van der Waals surface area contributed by atoms with Crippen molar-refractivity contribution in [1.82, 2.24) is 0 Å². The van der Waals surface area contributed by atoms with Gasteiger partial charge in [-0.15, -0.1) is 0 Å². The van der Waals surface area contributed by atoms with Crippen LogP contribution in [0.15, 0.2) is 22.6 Å². The fraction of sp³-hybridized carbons (Fsp3) is 0.308. The average molecular weight is 216 g/mol. The van der Waals surface area contributed by atoms with Gasteiger partial charge >= 0.3 is 0 Å². The van der Waals surface area contributed by atoms with Crippen LogP contribution >= 0.6 is 0 Å². The Morgan fingerprint density at radius 2 is 2.25 bits per heavy atom. The monoisotopic (exact) mass is 216 g/mol. The molecule has 2 aromatic rings. The molecule has 0 radical (unpaired) electrons. The summed E-state index contributed by atoms with van der Waals surface area (Å²) in [5, 5.41) is 1.02. The average Bonchev–Trinajstić information content (AvgIpc) is 3.09. The van der Waals surface area contributed by atoms with E-state index in [4.69, 9.17) is 9.15 Å². The van der Waals surface area contributed by atoms with Crippen molar-refractivity contribution in [3.05, 3.63) is 29.5 Å². The Bertz CT molecular complexity index is 550. The molecular formula is C13H12O3. The Morgan fingerprint density at radius 3 is 2.88 bits per heavy atom. The van der Waals surface area contributed by atoms with E-state index in [0.29, 0.717) is 11.7 Å². The predicted molar refractivity (Wildman–Crippen MR) is 60.1 cm³/mol. The summed E-state index contributed by atoms with van der Waals surface area (Å²) in [6, 6.07) is 5.64. The molecule has 0 N–H and O–H groups in total. The van der Waals surface area contributed by atoms with Crippen molar-refractivity contribution in [3.8, 4) is 5.75 Å². The van der Waals surface area contributed by atoms with E-state index in [9.17, 15) is 4.79 Å². The molecule has 0 bridgehead atoms. The van der Waals surface area contributed by atoms with Crippen molar-refractivity contribution in [2.45, 2.75) is 18.8 Å². The lowest BCUT2D eigenvalue weighted by atomic mass is 10.1. The van der Waals surface area contributed by atoms with Gasteiger partial charge in [0.25, 0.3) is 0 Å². The molecule has 1 aliphatic rings. The zero-order chi connectivity index (χ0) is 11.1. The first kappa shape index (κ1) is 9.46. The lowest BCUT2D eigenvalue weighted by Gasteiger charge is -1.99. The third kappa shape index (κ3) is 1.32. The summed E-state index contributed by atoms with van der Waals surface area (Å²) in [7, 11) is 1.64. The molecule has 3 rings (SSSR count). The maximum Gasteiger partial charge on any atom is 0.185 e. The Labute approximate surface area is 93.0 Å². The quantitative estimate of drug-likeness (QED) is 0.740. The maximum atomic E-state index is 11.0. The third-order valence-corrected chi connectivity index (χ3v) is 3.05. The first-order chi connectivity index (χ1) is 7.83. The van der Waals surface area contributed by atoms with Gasteiger partial charge in [0.05, 0.1) is 7.11 Å². The molecule has 1 aromatic heterocycles. The van der Waals surface area contributed by atoms with Gasteiger partial charge in [-0.25, -0.2) is 0 Å². The van der Waals surface area contributed by atoms with Gasteiger partial charge in [0.2, 0.25) is 0 Å². The van der Waals surface area contributed by atoms with E-state index in [-0.39, 0.29) is 0 Å². The molecule has 3 nitrogen and oxygen atoms in total. The molecule has 0 atom stereocenters. The lowest BCUT2D eigenvalue weighted by molar-refractivity contribution is 0.110. The van der Waals surface area contributed by atoms with E-state index >= 15 is 0 Å². The second-order valence-corrected chi connectivity index (χ2v) is 4.13. The molecule has 82 valence electrons. The van der Waals surface area contributed by atoms with E-state index < -0.39 is 0 Å². The number of hydrogen-bond acceptors (Lipinski definition) is 3. The van der Waals surface area contributed by atoms with Crippen LogP contribution in [-0.4, -0.2) is 13.4 Å². The number of methoxy groups -OCH3 is 1. The summed E-state index contributed by atoms with van der Waals surface area (Å²) >= 11 is 0. The van der Waals surface area contributed by atoms with Gasteiger partial charge < -0.3 is 9.15 Å². The number of ether oxygens (including phenoxy) is 1. The molecule has 0 spiro atoms. The minimum Gasteiger partial charge on any atom is -0.497 e. The summed E-state index contributed by atoms with van der Waals surface area (Å²) in [5.74, 6) is 1.77. The third-order valence-electron chi connectivity index (χ3n) is 3.05. The smallest absolute Gasteiger partial charge is 0.185 e. The van der Waals surface area contributed by atoms with E-state index in [1.807, 2.05) is 18.2 Å². The van der Waals surface area contributed by atoms with E-state index in [2.05, 4.69) is 0 Å². The van der Waals surface area contributed by atoms with E-state index in [0.717, 1.165) is 41.4 Å². The van der Waals surface area contributed by atoms with Crippen LogP contribution < -0.4 is 4.74 Å². The van der Waals surface area contributed by atoms with Crippen LogP contribution in [0.5, 0.6) is 5.75 Å². The number of rotatable bonds is 3. The molecule has 16 heavy (non-hydrogen) atoms. The van der Waals surface area contributed by atoms with Crippen LogP contribution in [0, 0.1) is 0 Å². The van der Waals surface area contributed by atoms with Gasteiger partial charge in [0, 0.05) is 10.9 Å². The maximum absolute atomic E-state index is 11.0. The highest BCUT2D eigenvalue weighted by Crippen LogP contribution is 2.46. The second-order valence-electron chi connectivity index (χ2n) is 4.13. The second kappa shape index (κ2) is 3.37. The minimum absolute atomic E-state index is 0.478. The Kier molecular flexibility index (Phi) is 1.99. The van der Waals surface area contributed by atoms with Crippen LogP contribution in [0.4, 0.5) is 0 Å². The Hall–Kier alpha value is -1.77. The van der Waals surface area contributed by atoms with Crippen LogP contribution in [0.25, 0.3) is 11.0 Å². The van der Waals surface area contributed by atoms with Crippen molar-refractivity contribution in [2.24, 2.45) is 0 Å². The largest absolute Gasteiger partial charge is 0.497 e. The van der Waals surface area contributed by atoms with E-state index in [1.54, 1.807) is 7.11 Å². The molecule has 1 aromatic carbocycles. The first-order valence-corrected chi connectivity index (χ1v) is 5.39. The highest BCUT2D eigenvalue weighted by Gasteiger charge is 2.30. The van der Waals surface area contributed by atoms with Gasteiger partial charge in [0.15, 0.2) is 12.0 Å². The summed E-state index contributed by atoms with van der Waals surface area (Å²) < 4.78 is 10.7. The Morgan fingerprint density at radius 1 is 1.44 bits per heavy atom. The highest BCUT2D eigenvalue weighted by atomic mass is 16.5. The summed E-state index contributed by atoms with van der Waals surface area (Å²) in [6.45, 7) is 0. The number of aldehydes is 1. The van der Waals surface area contributed by atoms with Gasteiger partial charge in [-0.05, 0) is 37.0 Å². The molecule has 0 saturated heterocycles. The fourth-order valence-corrected chi connectivity index (χ4v) is 2.12. The van der Waals surface area contributed by atoms with Crippen molar-refractivity contribution in [1.29, 1.82) is 0 Å². The van der Waals surface area contributed by atoms with Gasteiger partial charge in [-0.2, -0.15) is 0 Å². The molecule has 1 heterocycles. The van der Waals surface area contributed by atoms with E-state index in [1.165, 1.54) is 0 Å². The normalized spacial score (nSPS) is 15.3. The van der Waals surface area contributed by atoms with Gasteiger partial charge in [-0.1, -0.05) is 0 Å². The van der Waals surface area contributed by atoms with Crippen LogP contribution in [0.1, 0.15) is 34.9 Å².